The summed E-state index contributed by atoms with van der Waals surface area (Å²) in [5.74, 6) is 0.254. The highest BCUT2D eigenvalue weighted by atomic mass is 32.1. The van der Waals surface area contributed by atoms with Gasteiger partial charge in [-0.05, 0) is 36.8 Å². The monoisotopic (exact) mass is 427 g/mol. The van der Waals surface area contributed by atoms with Crippen molar-refractivity contribution in [1.82, 2.24) is 35.1 Å². The molecule has 0 unspecified atom stereocenters. The molecule has 0 saturated heterocycles. The van der Waals surface area contributed by atoms with Gasteiger partial charge < -0.3 is 4.98 Å². The van der Waals surface area contributed by atoms with Gasteiger partial charge in [0.2, 0.25) is 0 Å². The highest BCUT2D eigenvalue weighted by Crippen LogP contribution is 2.32. The maximum atomic E-state index is 13.8. The quantitative estimate of drug-likeness (QED) is 0.408. The molecular formula is C22H14FN7S. The maximum Gasteiger partial charge on any atom is 0.161 e. The minimum absolute atomic E-state index is 0.308. The standard InChI is InChI=1S/C22H14FN7S/c1-11-8-25-22(31-11)16-6-5-15-19(26-16)20(30-29-15)21-27-17-10-24-9-14(18(17)28-21)12-3-2-4-13(23)7-12/h2-10H,1H3,(H,27,28)(H,29,30). The van der Waals surface area contributed by atoms with Crippen molar-refractivity contribution in [1.29, 1.82) is 0 Å². The Kier molecular flexibility index (Phi) is 3.90. The molecule has 5 aromatic heterocycles. The van der Waals surface area contributed by atoms with Crippen LogP contribution < -0.4 is 0 Å². The van der Waals surface area contributed by atoms with E-state index in [4.69, 9.17) is 9.97 Å². The summed E-state index contributed by atoms with van der Waals surface area (Å²) in [6, 6.07) is 10.3. The van der Waals surface area contributed by atoms with Crippen molar-refractivity contribution >= 4 is 33.4 Å². The molecule has 0 aliphatic rings. The summed E-state index contributed by atoms with van der Waals surface area (Å²) in [5.41, 5.74) is 5.77. The van der Waals surface area contributed by atoms with Gasteiger partial charge in [-0.25, -0.2) is 19.3 Å². The number of halogens is 1. The van der Waals surface area contributed by atoms with E-state index in [1.54, 1.807) is 29.8 Å². The zero-order chi connectivity index (χ0) is 20.9. The van der Waals surface area contributed by atoms with Crippen molar-refractivity contribution in [2.75, 3.05) is 0 Å². The maximum absolute atomic E-state index is 13.8. The molecule has 0 bridgehead atoms. The number of nitrogens with one attached hydrogen (secondary N) is 2. The normalized spacial score (nSPS) is 11.5. The van der Waals surface area contributed by atoms with Crippen LogP contribution in [0.15, 0.2) is 55.0 Å². The van der Waals surface area contributed by atoms with Gasteiger partial charge >= 0.3 is 0 Å². The molecule has 0 aliphatic heterocycles. The summed E-state index contributed by atoms with van der Waals surface area (Å²) in [6.07, 6.45) is 5.22. The Morgan fingerprint density at radius 1 is 0.968 bits per heavy atom. The Hall–Kier alpha value is -3.98. The van der Waals surface area contributed by atoms with Crippen LogP contribution in [0.5, 0.6) is 0 Å². The minimum Gasteiger partial charge on any atom is -0.335 e. The molecular weight excluding hydrogens is 413 g/mol. The van der Waals surface area contributed by atoms with Crippen LogP contribution in [0.2, 0.25) is 0 Å². The fourth-order valence-corrected chi connectivity index (χ4v) is 4.30. The van der Waals surface area contributed by atoms with Crippen LogP contribution in [-0.4, -0.2) is 35.1 Å². The first-order valence-electron chi connectivity index (χ1n) is 9.54. The first-order chi connectivity index (χ1) is 15.2. The van der Waals surface area contributed by atoms with E-state index in [1.165, 1.54) is 12.1 Å². The molecule has 5 heterocycles. The number of aromatic nitrogens is 7. The number of rotatable bonds is 3. The second kappa shape index (κ2) is 6.78. The van der Waals surface area contributed by atoms with Gasteiger partial charge in [-0.15, -0.1) is 11.3 Å². The van der Waals surface area contributed by atoms with Gasteiger partial charge in [0.05, 0.1) is 28.4 Å². The van der Waals surface area contributed by atoms with E-state index in [-0.39, 0.29) is 5.82 Å². The van der Waals surface area contributed by atoms with Crippen molar-refractivity contribution in [3.8, 4) is 33.3 Å². The number of aryl methyl sites for hydroxylation is 1. The van der Waals surface area contributed by atoms with Gasteiger partial charge in [-0.1, -0.05) is 12.1 Å². The van der Waals surface area contributed by atoms with E-state index in [0.717, 1.165) is 32.2 Å². The van der Waals surface area contributed by atoms with Crippen molar-refractivity contribution in [2.45, 2.75) is 6.92 Å². The number of benzene rings is 1. The van der Waals surface area contributed by atoms with E-state index in [1.807, 2.05) is 31.3 Å². The van der Waals surface area contributed by atoms with Crippen LogP contribution in [0.4, 0.5) is 4.39 Å². The van der Waals surface area contributed by atoms with Crippen molar-refractivity contribution in [3.63, 3.8) is 0 Å². The molecule has 1 aromatic carbocycles. The Morgan fingerprint density at radius 2 is 1.90 bits per heavy atom. The molecule has 0 atom stereocenters. The third-order valence-electron chi connectivity index (χ3n) is 5.00. The molecule has 0 amide bonds. The van der Waals surface area contributed by atoms with Crippen LogP contribution in [0.3, 0.4) is 0 Å². The number of thiazole rings is 1. The molecule has 0 aliphatic carbocycles. The molecule has 31 heavy (non-hydrogen) atoms. The van der Waals surface area contributed by atoms with Crippen molar-refractivity contribution in [2.24, 2.45) is 0 Å². The number of hydrogen-bond donors (Lipinski definition) is 2. The highest BCUT2D eigenvalue weighted by Gasteiger charge is 2.17. The average Bonchev–Trinajstić information content (AvgIpc) is 3.50. The Morgan fingerprint density at radius 3 is 2.74 bits per heavy atom. The number of pyridine rings is 2. The van der Waals surface area contributed by atoms with Crippen LogP contribution in [-0.2, 0) is 0 Å². The molecule has 0 radical (unpaired) electrons. The number of hydrogen-bond acceptors (Lipinski definition) is 6. The second-order valence-corrected chi connectivity index (χ2v) is 8.35. The molecule has 150 valence electrons. The summed E-state index contributed by atoms with van der Waals surface area (Å²) in [4.78, 5) is 22.7. The average molecular weight is 427 g/mol. The fraction of sp³-hybridized carbons (Fsp3) is 0.0455. The lowest BCUT2D eigenvalue weighted by atomic mass is 10.1. The Labute approximate surface area is 179 Å². The minimum atomic E-state index is -0.308. The van der Waals surface area contributed by atoms with Gasteiger partial charge in [0.15, 0.2) is 11.5 Å². The molecule has 0 spiro atoms. The molecule has 2 N–H and O–H groups in total. The Bertz CT molecular complexity index is 1580. The summed E-state index contributed by atoms with van der Waals surface area (Å²) in [7, 11) is 0. The SMILES string of the molecule is Cc1cnc(-c2ccc3[nH]nc(-c4nc5c(-c6cccc(F)c6)cncc5[nH]4)c3n2)s1. The first kappa shape index (κ1) is 17.8. The number of H-pyrrole nitrogens is 2. The van der Waals surface area contributed by atoms with E-state index in [9.17, 15) is 4.39 Å². The summed E-state index contributed by atoms with van der Waals surface area (Å²) in [5, 5.41) is 8.31. The van der Waals surface area contributed by atoms with E-state index >= 15 is 0 Å². The lowest BCUT2D eigenvalue weighted by Crippen LogP contribution is -1.86. The summed E-state index contributed by atoms with van der Waals surface area (Å²) < 4.78 is 13.8. The fourth-order valence-electron chi connectivity index (χ4n) is 3.57. The first-order valence-corrected chi connectivity index (χ1v) is 10.4. The van der Waals surface area contributed by atoms with Crippen LogP contribution >= 0.6 is 11.3 Å². The molecule has 6 rings (SSSR count). The zero-order valence-corrected chi connectivity index (χ0v) is 17.0. The lowest BCUT2D eigenvalue weighted by molar-refractivity contribution is 0.628. The zero-order valence-electron chi connectivity index (χ0n) is 16.2. The largest absolute Gasteiger partial charge is 0.335 e. The van der Waals surface area contributed by atoms with Gasteiger partial charge in [0, 0.05) is 22.8 Å². The van der Waals surface area contributed by atoms with E-state index in [0.29, 0.717) is 28.1 Å². The predicted octanol–water partition coefficient (Wildman–Crippen LogP) is 5.13. The third kappa shape index (κ3) is 2.98. The van der Waals surface area contributed by atoms with Crippen LogP contribution in [0.25, 0.3) is 55.4 Å². The lowest BCUT2D eigenvalue weighted by Gasteiger charge is -2.01. The van der Waals surface area contributed by atoms with Gasteiger partial charge in [-0.2, -0.15) is 5.10 Å². The van der Waals surface area contributed by atoms with Gasteiger partial charge in [-0.3, -0.25) is 10.1 Å². The number of imidazole rings is 1. The summed E-state index contributed by atoms with van der Waals surface area (Å²) >= 11 is 1.59. The van der Waals surface area contributed by atoms with Crippen molar-refractivity contribution in [3.05, 3.63) is 65.7 Å². The van der Waals surface area contributed by atoms with Crippen LogP contribution in [0, 0.1) is 12.7 Å². The van der Waals surface area contributed by atoms with Gasteiger partial charge in [0.25, 0.3) is 0 Å². The van der Waals surface area contributed by atoms with E-state index in [2.05, 4.69) is 25.1 Å². The predicted molar refractivity (Wildman–Crippen MR) is 118 cm³/mol. The molecule has 9 heteroatoms. The Balaban J connectivity index is 1.51. The number of fused-ring (bicyclic) bond motifs is 2. The van der Waals surface area contributed by atoms with Crippen molar-refractivity contribution < 1.29 is 4.39 Å². The topological polar surface area (TPSA) is 96.0 Å². The van der Waals surface area contributed by atoms with E-state index < -0.39 is 0 Å². The van der Waals surface area contributed by atoms with Gasteiger partial charge in [0.1, 0.15) is 16.3 Å². The number of nitrogens with zero attached hydrogens (tertiary/aromatic N) is 5. The smallest absolute Gasteiger partial charge is 0.161 e. The molecule has 6 aromatic rings. The molecule has 0 fully saturated rings. The second-order valence-electron chi connectivity index (χ2n) is 7.12. The van der Waals surface area contributed by atoms with Crippen LogP contribution in [0.1, 0.15) is 4.88 Å². The third-order valence-corrected chi connectivity index (χ3v) is 5.94. The summed E-state index contributed by atoms with van der Waals surface area (Å²) in [6.45, 7) is 2.02. The number of aromatic amines is 2. The molecule has 0 saturated carbocycles. The highest BCUT2D eigenvalue weighted by molar-refractivity contribution is 7.14. The molecule has 7 nitrogen and oxygen atoms in total.